The van der Waals surface area contributed by atoms with E-state index in [0.29, 0.717) is 12.4 Å². The average molecular weight is 234 g/mol. The summed E-state index contributed by atoms with van der Waals surface area (Å²) < 4.78 is 9.69. The van der Waals surface area contributed by atoms with Gasteiger partial charge in [0.05, 0.1) is 6.61 Å². The first kappa shape index (κ1) is 13.0. The molecule has 1 aromatic rings. The van der Waals surface area contributed by atoms with Gasteiger partial charge in [0.1, 0.15) is 5.75 Å². The zero-order chi connectivity index (χ0) is 12.5. The third kappa shape index (κ3) is 5.51. The number of rotatable bonds is 5. The van der Waals surface area contributed by atoms with Gasteiger partial charge in [-0.3, -0.25) is 0 Å². The Balaban J connectivity index is 2.39. The number of ether oxygens (including phenoxy) is 2. The van der Waals surface area contributed by atoms with Crippen LogP contribution in [-0.4, -0.2) is 18.5 Å². The second kappa shape index (κ2) is 7.22. The van der Waals surface area contributed by atoms with Crippen LogP contribution in [0.25, 0.3) is 0 Å². The number of hydrogen-bond acceptors (Lipinski definition) is 4. The molecule has 0 aliphatic carbocycles. The topological polar surface area (TPSA) is 52.6 Å². The van der Waals surface area contributed by atoms with Crippen molar-refractivity contribution in [2.45, 2.75) is 13.3 Å². The molecule has 0 bridgehead atoms. The summed E-state index contributed by atoms with van der Waals surface area (Å²) >= 11 is 0. The minimum atomic E-state index is -0.607. The van der Waals surface area contributed by atoms with E-state index >= 15 is 0 Å². The minimum absolute atomic E-state index is 0.344. The van der Waals surface area contributed by atoms with Crippen molar-refractivity contribution in [1.29, 1.82) is 0 Å². The van der Waals surface area contributed by atoms with Gasteiger partial charge in [0, 0.05) is 12.2 Å². The van der Waals surface area contributed by atoms with Crippen LogP contribution in [0, 0.1) is 0 Å². The molecule has 1 rings (SSSR count). The highest BCUT2D eigenvalue weighted by molar-refractivity contribution is 5.92. The molecule has 0 aliphatic rings. The van der Waals surface area contributed by atoms with Crippen molar-refractivity contribution in [3.05, 3.63) is 42.5 Å². The zero-order valence-electron chi connectivity index (χ0n) is 9.59. The molecule has 0 aliphatic heterocycles. The van der Waals surface area contributed by atoms with Crippen molar-refractivity contribution in [2.75, 3.05) is 6.61 Å². The van der Waals surface area contributed by atoms with Crippen LogP contribution in [0.1, 0.15) is 13.3 Å². The summed E-state index contributed by atoms with van der Waals surface area (Å²) in [6.07, 6.45) is 2.85. The quantitative estimate of drug-likeness (QED) is 0.445. The van der Waals surface area contributed by atoms with Crippen LogP contribution in [0.3, 0.4) is 0 Å². The van der Waals surface area contributed by atoms with Crippen LogP contribution in [0.2, 0.25) is 0 Å². The zero-order valence-corrected chi connectivity index (χ0v) is 9.59. The summed E-state index contributed by atoms with van der Waals surface area (Å²) in [6.45, 7) is 2.23. The SMILES string of the molecule is CCCOC(=O)/C=C/C(=O)Oc1ccccc1. The molecule has 17 heavy (non-hydrogen) atoms. The summed E-state index contributed by atoms with van der Waals surface area (Å²) in [7, 11) is 0. The van der Waals surface area contributed by atoms with E-state index in [2.05, 4.69) is 0 Å². The third-order valence-corrected chi connectivity index (χ3v) is 1.77. The maximum Gasteiger partial charge on any atom is 0.336 e. The Kier molecular flexibility index (Phi) is 5.51. The molecule has 0 amide bonds. The van der Waals surface area contributed by atoms with E-state index in [-0.39, 0.29) is 0 Å². The molecule has 0 saturated carbocycles. The largest absolute Gasteiger partial charge is 0.463 e. The lowest BCUT2D eigenvalue weighted by Gasteiger charge is -2.00. The standard InChI is InChI=1S/C13H14O4/c1-2-10-16-12(14)8-9-13(15)17-11-6-4-3-5-7-11/h3-9H,2,10H2,1H3/b9-8+. The van der Waals surface area contributed by atoms with Gasteiger partial charge in [0.2, 0.25) is 0 Å². The second-order valence-corrected chi connectivity index (χ2v) is 3.23. The fourth-order valence-electron chi connectivity index (χ4n) is 1.03. The maximum absolute atomic E-state index is 11.3. The summed E-state index contributed by atoms with van der Waals surface area (Å²) in [5, 5.41) is 0. The molecule has 0 unspecified atom stereocenters. The van der Waals surface area contributed by atoms with Crippen LogP contribution < -0.4 is 4.74 Å². The van der Waals surface area contributed by atoms with Gasteiger partial charge in [-0.05, 0) is 18.6 Å². The van der Waals surface area contributed by atoms with E-state index in [0.717, 1.165) is 18.6 Å². The van der Waals surface area contributed by atoms with Gasteiger partial charge < -0.3 is 9.47 Å². The maximum atomic E-state index is 11.3. The molecule has 0 atom stereocenters. The van der Waals surface area contributed by atoms with E-state index in [4.69, 9.17) is 9.47 Å². The summed E-state index contributed by atoms with van der Waals surface area (Å²) in [6, 6.07) is 8.63. The second-order valence-electron chi connectivity index (χ2n) is 3.23. The molecular formula is C13H14O4. The third-order valence-electron chi connectivity index (χ3n) is 1.77. The molecule has 4 heteroatoms. The highest BCUT2D eigenvalue weighted by atomic mass is 16.5. The minimum Gasteiger partial charge on any atom is -0.463 e. The molecule has 0 N–H and O–H groups in total. The van der Waals surface area contributed by atoms with Crippen molar-refractivity contribution >= 4 is 11.9 Å². The number of hydrogen-bond donors (Lipinski definition) is 0. The lowest BCUT2D eigenvalue weighted by molar-refractivity contribution is -0.138. The Hall–Kier alpha value is -2.10. The van der Waals surface area contributed by atoms with Gasteiger partial charge in [-0.15, -0.1) is 0 Å². The Morgan fingerprint density at radius 2 is 1.76 bits per heavy atom. The Morgan fingerprint density at radius 3 is 2.41 bits per heavy atom. The van der Waals surface area contributed by atoms with Gasteiger partial charge in [-0.25, -0.2) is 9.59 Å². The molecule has 0 saturated heterocycles. The van der Waals surface area contributed by atoms with Gasteiger partial charge in [0.15, 0.2) is 0 Å². The van der Waals surface area contributed by atoms with Crippen molar-refractivity contribution in [1.82, 2.24) is 0 Å². The smallest absolute Gasteiger partial charge is 0.336 e. The van der Waals surface area contributed by atoms with Crippen LogP contribution in [0.5, 0.6) is 5.75 Å². The molecule has 0 fully saturated rings. The molecule has 1 aromatic carbocycles. The van der Waals surface area contributed by atoms with Crippen LogP contribution in [0.4, 0.5) is 0 Å². The van der Waals surface area contributed by atoms with Crippen LogP contribution in [0.15, 0.2) is 42.5 Å². The lowest BCUT2D eigenvalue weighted by Crippen LogP contribution is -2.06. The predicted molar refractivity (Wildman–Crippen MR) is 62.5 cm³/mol. The van der Waals surface area contributed by atoms with Crippen molar-refractivity contribution in [3.8, 4) is 5.75 Å². The fraction of sp³-hybridized carbons (Fsp3) is 0.231. The number of esters is 2. The van der Waals surface area contributed by atoms with E-state index in [1.54, 1.807) is 24.3 Å². The highest BCUT2D eigenvalue weighted by Crippen LogP contribution is 2.08. The highest BCUT2D eigenvalue weighted by Gasteiger charge is 2.01. The fourth-order valence-corrected chi connectivity index (χ4v) is 1.03. The molecule has 0 radical (unpaired) electrons. The summed E-state index contributed by atoms with van der Waals surface area (Å²) in [4.78, 5) is 22.3. The van der Waals surface area contributed by atoms with Gasteiger partial charge >= 0.3 is 11.9 Å². The number of carbonyl (C=O) groups is 2. The Labute approximate surface area is 99.8 Å². The van der Waals surface area contributed by atoms with Gasteiger partial charge in [-0.2, -0.15) is 0 Å². The first-order chi connectivity index (χ1) is 8.22. The predicted octanol–water partition coefficient (Wildman–Crippen LogP) is 2.10. The number of carbonyl (C=O) groups excluding carboxylic acids is 2. The summed E-state index contributed by atoms with van der Waals surface area (Å²) in [5.74, 6) is -0.717. The first-order valence-electron chi connectivity index (χ1n) is 5.34. The molecule has 0 heterocycles. The van der Waals surface area contributed by atoms with Gasteiger partial charge in [-0.1, -0.05) is 25.1 Å². The molecule has 0 aromatic heterocycles. The lowest BCUT2D eigenvalue weighted by atomic mass is 10.3. The van der Waals surface area contributed by atoms with E-state index in [1.807, 2.05) is 13.0 Å². The van der Waals surface area contributed by atoms with Crippen molar-refractivity contribution in [3.63, 3.8) is 0 Å². The molecule has 4 nitrogen and oxygen atoms in total. The molecule has 0 spiro atoms. The van der Waals surface area contributed by atoms with E-state index < -0.39 is 11.9 Å². The number of benzene rings is 1. The van der Waals surface area contributed by atoms with Crippen LogP contribution >= 0.6 is 0 Å². The Bertz CT molecular complexity index is 395. The molecule has 90 valence electrons. The normalized spacial score (nSPS) is 10.2. The average Bonchev–Trinajstić information content (AvgIpc) is 2.35. The first-order valence-corrected chi connectivity index (χ1v) is 5.34. The van der Waals surface area contributed by atoms with E-state index in [1.165, 1.54) is 0 Å². The van der Waals surface area contributed by atoms with Crippen molar-refractivity contribution in [2.24, 2.45) is 0 Å². The van der Waals surface area contributed by atoms with Gasteiger partial charge in [0.25, 0.3) is 0 Å². The van der Waals surface area contributed by atoms with E-state index in [9.17, 15) is 9.59 Å². The van der Waals surface area contributed by atoms with Crippen LogP contribution in [-0.2, 0) is 14.3 Å². The monoisotopic (exact) mass is 234 g/mol. The number of para-hydroxylation sites is 1. The summed E-state index contributed by atoms with van der Waals surface area (Å²) in [5.41, 5.74) is 0. The Morgan fingerprint density at radius 1 is 1.12 bits per heavy atom. The molecular weight excluding hydrogens is 220 g/mol. The van der Waals surface area contributed by atoms with Crippen molar-refractivity contribution < 1.29 is 19.1 Å².